The van der Waals surface area contributed by atoms with Crippen molar-refractivity contribution in [3.05, 3.63) is 114 Å². The van der Waals surface area contributed by atoms with Crippen molar-refractivity contribution in [3.8, 4) is 28.0 Å². The molecule has 2 saturated carbocycles. The first-order valence-electron chi connectivity index (χ1n) is 17.8. The van der Waals surface area contributed by atoms with E-state index in [-0.39, 0.29) is 23.4 Å². The Bertz CT molecular complexity index is 2370. The molecule has 2 aliphatic rings. The second kappa shape index (κ2) is 13.3. The molecular formula is C42H34F6N2O3. The van der Waals surface area contributed by atoms with Gasteiger partial charge in [-0.2, -0.15) is 26.3 Å². The maximum Gasteiger partial charge on any atom is 0.416 e. The molecule has 6 aromatic rings. The van der Waals surface area contributed by atoms with Crippen LogP contribution in [-0.2, 0) is 17.1 Å². The van der Waals surface area contributed by atoms with Crippen molar-refractivity contribution in [2.45, 2.75) is 75.8 Å². The van der Waals surface area contributed by atoms with Crippen LogP contribution in [0.1, 0.15) is 84.9 Å². The summed E-state index contributed by atoms with van der Waals surface area (Å²) in [6.45, 7) is 0. The third kappa shape index (κ3) is 6.62. The van der Waals surface area contributed by atoms with Gasteiger partial charge in [0.25, 0.3) is 5.78 Å². The topological polar surface area (TPSA) is 53.2 Å². The number of rotatable bonds is 7. The number of benzene rings is 4. The van der Waals surface area contributed by atoms with E-state index in [2.05, 4.69) is 0 Å². The number of nitrogens with zero attached hydrogens (tertiary/aromatic N) is 2. The second-order valence-corrected chi connectivity index (χ2v) is 14.1. The van der Waals surface area contributed by atoms with Crippen LogP contribution < -0.4 is 4.74 Å². The average Bonchev–Trinajstić information content (AvgIpc) is 3.97. The van der Waals surface area contributed by atoms with Crippen molar-refractivity contribution in [1.82, 2.24) is 9.13 Å². The molecule has 0 N–H and O–H groups in total. The lowest BCUT2D eigenvalue weighted by Gasteiger charge is -2.13. The number of ketones is 1. The van der Waals surface area contributed by atoms with Crippen molar-refractivity contribution in [2.75, 3.05) is 0 Å². The van der Waals surface area contributed by atoms with Crippen LogP contribution in [0.15, 0.2) is 97.3 Å². The minimum Gasteiger partial charge on any atom is -0.418 e. The van der Waals surface area contributed by atoms with Gasteiger partial charge in [-0.3, -0.25) is 4.79 Å². The number of hydrogen-bond donors (Lipinski definition) is 0. The molecule has 0 radical (unpaired) electrons. The normalized spacial score (nSPS) is 15.9. The van der Waals surface area contributed by atoms with Gasteiger partial charge in [0.05, 0.1) is 22.2 Å². The van der Waals surface area contributed by atoms with E-state index in [0.29, 0.717) is 38.5 Å². The Morgan fingerprint density at radius 2 is 1.02 bits per heavy atom. The van der Waals surface area contributed by atoms with E-state index < -0.39 is 35.2 Å². The summed E-state index contributed by atoms with van der Waals surface area (Å²) in [4.78, 5) is 27.9. The largest absolute Gasteiger partial charge is 0.418 e. The van der Waals surface area contributed by atoms with Crippen LogP contribution in [0, 0.1) is 0 Å². The zero-order chi connectivity index (χ0) is 37.1. The summed E-state index contributed by atoms with van der Waals surface area (Å²) >= 11 is 0. The summed E-state index contributed by atoms with van der Waals surface area (Å²) in [5.74, 6) is -1.94. The molecule has 0 unspecified atom stereocenters. The van der Waals surface area contributed by atoms with Crippen molar-refractivity contribution in [3.63, 3.8) is 0 Å². The maximum absolute atomic E-state index is 14.1. The van der Waals surface area contributed by atoms with E-state index in [4.69, 9.17) is 4.74 Å². The van der Waals surface area contributed by atoms with E-state index >= 15 is 0 Å². The van der Waals surface area contributed by atoms with Gasteiger partial charge in [0.2, 0.25) is 0 Å². The first-order valence-corrected chi connectivity index (χ1v) is 17.8. The molecule has 0 aliphatic heterocycles. The highest BCUT2D eigenvalue weighted by molar-refractivity contribution is 6.43. The molecular weight excluding hydrogens is 694 g/mol. The number of halogens is 6. The lowest BCUT2D eigenvalue weighted by molar-refractivity contribution is -0.138. The number of aromatic nitrogens is 2. The minimum absolute atomic E-state index is 0.0786. The highest BCUT2D eigenvalue weighted by atomic mass is 19.4. The van der Waals surface area contributed by atoms with E-state index in [1.165, 1.54) is 12.1 Å². The molecule has 11 heteroatoms. The number of carbonyl (C=O) groups is 2. The molecule has 0 saturated heterocycles. The van der Waals surface area contributed by atoms with Gasteiger partial charge in [-0.1, -0.05) is 62.1 Å². The van der Waals surface area contributed by atoms with Crippen LogP contribution >= 0.6 is 0 Å². The molecule has 2 heterocycles. The Morgan fingerprint density at radius 1 is 0.566 bits per heavy atom. The quantitative estimate of drug-likeness (QED) is 0.0712. The predicted molar refractivity (Wildman–Crippen MR) is 190 cm³/mol. The van der Waals surface area contributed by atoms with Crippen LogP contribution in [0.5, 0.6) is 5.75 Å². The summed E-state index contributed by atoms with van der Waals surface area (Å²) in [7, 11) is 0. The lowest BCUT2D eigenvalue weighted by atomic mass is 9.99. The van der Waals surface area contributed by atoms with Crippen LogP contribution in [0.25, 0.3) is 44.1 Å². The zero-order valence-electron chi connectivity index (χ0n) is 28.4. The smallest absolute Gasteiger partial charge is 0.416 e. The predicted octanol–water partition coefficient (Wildman–Crippen LogP) is 12.0. The van der Waals surface area contributed by atoms with Crippen molar-refractivity contribution < 1.29 is 40.7 Å². The molecule has 0 bridgehead atoms. The van der Waals surface area contributed by atoms with E-state index in [9.17, 15) is 35.9 Å². The number of Topliss-reactive ketones (excluding diaryl/α,β-unsaturated/α-hetero) is 1. The Balaban J connectivity index is 1.18. The Labute approximate surface area is 300 Å². The molecule has 0 amide bonds. The fourth-order valence-electron chi connectivity index (χ4n) is 8.08. The monoisotopic (exact) mass is 728 g/mol. The molecule has 53 heavy (non-hydrogen) atoms. The van der Waals surface area contributed by atoms with Gasteiger partial charge >= 0.3 is 18.3 Å². The van der Waals surface area contributed by atoms with Gasteiger partial charge in [-0.15, -0.1) is 0 Å². The fraction of sp³-hybridized carbons (Fsp3) is 0.286. The first kappa shape index (κ1) is 34.7. The summed E-state index contributed by atoms with van der Waals surface area (Å²) in [5, 5.41) is 0.905. The molecule has 5 nitrogen and oxygen atoms in total. The molecule has 0 spiro atoms. The van der Waals surface area contributed by atoms with Gasteiger partial charge < -0.3 is 13.9 Å². The molecule has 8 rings (SSSR count). The highest BCUT2D eigenvalue weighted by Gasteiger charge is 2.33. The number of ether oxygens (including phenoxy) is 1. The summed E-state index contributed by atoms with van der Waals surface area (Å²) in [6, 6.07) is 20.5. The average molecular weight is 729 g/mol. The van der Waals surface area contributed by atoms with E-state index in [0.717, 1.165) is 81.1 Å². The zero-order valence-corrected chi connectivity index (χ0v) is 28.4. The summed E-state index contributed by atoms with van der Waals surface area (Å²) < 4.78 is 91.2. The van der Waals surface area contributed by atoms with Crippen LogP contribution in [0.2, 0.25) is 0 Å². The van der Waals surface area contributed by atoms with Gasteiger partial charge in [0.1, 0.15) is 0 Å². The summed E-state index contributed by atoms with van der Waals surface area (Å²) in [6.07, 6.45) is 1.90. The SMILES string of the molecule is O=C(Oc1cn(C2CCCC2)c2ccc(-c3cccc(C(F)(F)F)c3)cc12)C(=O)c1cn(C2CCCC2)c2ccc(-c3cccc(C(F)(F)F)c3)cc12. The van der Waals surface area contributed by atoms with Crippen molar-refractivity contribution in [2.24, 2.45) is 0 Å². The molecule has 4 aromatic carbocycles. The highest BCUT2D eigenvalue weighted by Crippen LogP contribution is 2.41. The molecule has 2 fully saturated rings. The van der Waals surface area contributed by atoms with Crippen LogP contribution in [0.3, 0.4) is 0 Å². The van der Waals surface area contributed by atoms with Crippen molar-refractivity contribution >= 4 is 33.6 Å². The standard InChI is InChI=1S/C42H34F6N2O3/c43-41(44,45)29-9-5-7-25(19-29)27-15-17-36-33(21-27)35(23-49(36)31-11-1-2-12-31)39(51)40(52)53-38-24-50(32-13-3-4-14-32)37-18-16-28(22-34(37)38)26-8-6-10-30(20-26)42(46,47)48/h5-10,15-24,31-32H,1-4,11-14H2. The number of esters is 1. The lowest BCUT2D eigenvalue weighted by Crippen LogP contribution is -2.20. The van der Waals surface area contributed by atoms with Crippen LogP contribution in [-0.4, -0.2) is 20.9 Å². The first-order chi connectivity index (χ1) is 25.3. The van der Waals surface area contributed by atoms with Gasteiger partial charge in [0, 0.05) is 40.8 Å². The van der Waals surface area contributed by atoms with E-state index in [1.54, 1.807) is 60.9 Å². The number of alkyl halides is 6. The fourth-order valence-corrected chi connectivity index (χ4v) is 8.08. The molecule has 2 aromatic heterocycles. The van der Waals surface area contributed by atoms with Gasteiger partial charge in [-0.05, 0) is 96.5 Å². The number of carbonyl (C=O) groups excluding carboxylic acids is 2. The molecule has 2 aliphatic carbocycles. The third-order valence-electron chi connectivity index (χ3n) is 10.7. The summed E-state index contributed by atoms with van der Waals surface area (Å²) in [5.41, 5.74) is 1.49. The third-order valence-corrected chi connectivity index (χ3v) is 10.7. The van der Waals surface area contributed by atoms with Crippen molar-refractivity contribution in [1.29, 1.82) is 0 Å². The molecule has 272 valence electrons. The number of hydrogen-bond acceptors (Lipinski definition) is 3. The second-order valence-electron chi connectivity index (χ2n) is 14.1. The van der Waals surface area contributed by atoms with E-state index in [1.807, 2.05) is 9.13 Å². The number of fused-ring (bicyclic) bond motifs is 2. The molecule has 0 atom stereocenters. The Hall–Kier alpha value is -5.32. The maximum atomic E-state index is 14.1. The van der Waals surface area contributed by atoms with Crippen LogP contribution in [0.4, 0.5) is 26.3 Å². The van der Waals surface area contributed by atoms with Gasteiger partial charge in [0.15, 0.2) is 5.75 Å². The Kier molecular flexibility index (Phi) is 8.70. The Morgan fingerprint density at radius 3 is 1.53 bits per heavy atom. The van der Waals surface area contributed by atoms with Gasteiger partial charge in [-0.25, -0.2) is 4.79 Å². The minimum atomic E-state index is -4.54.